The van der Waals surface area contributed by atoms with Gasteiger partial charge < -0.3 is 37.3 Å². The summed E-state index contributed by atoms with van der Waals surface area (Å²) >= 11 is 0. The van der Waals surface area contributed by atoms with E-state index in [0.717, 1.165) is 6.07 Å². The second-order valence-corrected chi connectivity index (χ2v) is 8.05. The molecule has 0 aliphatic carbocycles. The fraction of sp³-hybridized carbons (Fsp3) is 0.545. The third kappa shape index (κ3) is 9.11. The van der Waals surface area contributed by atoms with Gasteiger partial charge in [0.15, 0.2) is 0 Å². The summed E-state index contributed by atoms with van der Waals surface area (Å²) in [6, 6.07) is -0.295. The van der Waals surface area contributed by atoms with Crippen LogP contribution >= 0.6 is 0 Å². The normalized spacial score (nSPS) is 13.1. The van der Waals surface area contributed by atoms with Crippen LogP contribution in [-0.4, -0.2) is 71.5 Å². The largest absolute Gasteiger partial charge is 0.493 e. The first kappa shape index (κ1) is 30.3. The van der Waals surface area contributed by atoms with Gasteiger partial charge in [0, 0.05) is 12.1 Å². The number of carbonyl (C=O) groups is 4. The fourth-order valence-corrected chi connectivity index (χ4v) is 3.31. The van der Waals surface area contributed by atoms with Crippen molar-refractivity contribution in [2.24, 2.45) is 11.5 Å². The van der Waals surface area contributed by atoms with Gasteiger partial charge in [-0.2, -0.15) is 0 Å². The average Bonchev–Trinajstić information content (AvgIpc) is 2.80. The number of ether oxygens (including phenoxy) is 1. The van der Waals surface area contributed by atoms with E-state index in [1.807, 2.05) is 0 Å². The van der Waals surface area contributed by atoms with Gasteiger partial charge in [-0.05, 0) is 52.1 Å². The number of amides is 4. The van der Waals surface area contributed by atoms with E-state index in [4.69, 9.17) is 16.2 Å². The molecule has 0 aromatic heterocycles. The zero-order valence-electron chi connectivity index (χ0n) is 20.5. The molecule has 0 radical (unpaired) electrons. The van der Waals surface area contributed by atoms with E-state index in [9.17, 15) is 34.4 Å². The highest BCUT2D eigenvalue weighted by atomic mass is 16.6. The van der Waals surface area contributed by atoms with Crippen molar-refractivity contribution in [3.05, 3.63) is 33.4 Å². The molecule has 1 rings (SSSR count). The van der Waals surface area contributed by atoms with Gasteiger partial charge >= 0.3 is 0 Å². The van der Waals surface area contributed by atoms with Crippen LogP contribution < -0.4 is 32.2 Å². The molecule has 0 aliphatic rings. The molecule has 8 N–H and O–H groups in total. The molecule has 0 heterocycles. The molecule has 0 fully saturated rings. The number of hydrogen-bond donors (Lipinski definition) is 6. The Labute approximate surface area is 208 Å². The van der Waals surface area contributed by atoms with Crippen LogP contribution in [0, 0.1) is 17.0 Å². The maximum atomic E-state index is 13.1. The molecule has 0 bridgehead atoms. The summed E-state index contributed by atoms with van der Waals surface area (Å²) in [4.78, 5) is 60.1. The highest BCUT2D eigenvalue weighted by Crippen LogP contribution is 2.29. The maximum Gasteiger partial charge on any atom is 0.270 e. The SMILES string of the molecule is CCOc1c(C)cc([N+](=O)[O-])cc1C(=O)NC(CCCCN)C(=O)NC(C(=O)NCC(N)=O)C(C)O. The Morgan fingerprint density at radius 2 is 1.83 bits per heavy atom. The number of hydrogen-bond acceptors (Lipinski definition) is 9. The van der Waals surface area contributed by atoms with Crippen LogP contribution in [0.1, 0.15) is 49.0 Å². The van der Waals surface area contributed by atoms with Crippen molar-refractivity contribution in [1.29, 1.82) is 0 Å². The maximum absolute atomic E-state index is 13.1. The highest BCUT2D eigenvalue weighted by molar-refractivity contribution is 6.01. The molecule has 1 aromatic rings. The molecule has 0 spiro atoms. The van der Waals surface area contributed by atoms with Crippen LogP contribution in [0.2, 0.25) is 0 Å². The van der Waals surface area contributed by atoms with Crippen molar-refractivity contribution in [1.82, 2.24) is 16.0 Å². The highest BCUT2D eigenvalue weighted by Gasteiger charge is 2.31. The Morgan fingerprint density at radius 1 is 1.17 bits per heavy atom. The number of non-ortho nitro benzene ring substituents is 1. The average molecular weight is 511 g/mol. The Kier molecular flexibility index (Phi) is 12.3. The van der Waals surface area contributed by atoms with Crippen molar-refractivity contribution in [3.63, 3.8) is 0 Å². The summed E-state index contributed by atoms with van der Waals surface area (Å²) in [5, 5.41) is 28.4. The van der Waals surface area contributed by atoms with Gasteiger partial charge in [-0.1, -0.05) is 0 Å². The quantitative estimate of drug-likeness (QED) is 0.0963. The minimum atomic E-state index is -1.44. The first-order valence-electron chi connectivity index (χ1n) is 11.4. The summed E-state index contributed by atoms with van der Waals surface area (Å²) in [7, 11) is 0. The van der Waals surface area contributed by atoms with E-state index in [2.05, 4.69) is 16.0 Å². The summed E-state index contributed by atoms with van der Waals surface area (Å²) < 4.78 is 5.51. The summed E-state index contributed by atoms with van der Waals surface area (Å²) in [6.45, 7) is 4.53. The molecule has 1 aromatic carbocycles. The van der Waals surface area contributed by atoms with Gasteiger partial charge in [-0.15, -0.1) is 0 Å². The Morgan fingerprint density at radius 3 is 2.36 bits per heavy atom. The standard InChI is InChI=1S/C22H34N6O8/c1-4-36-19-12(2)9-14(28(34)35)10-15(19)20(31)26-16(7-5-6-8-23)21(32)27-18(13(3)29)22(33)25-11-17(24)30/h9-10,13,16,18,29H,4-8,11,23H2,1-3H3,(H2,24,30)(H,25,33)(H,26,31)(H,27,32). The van der Waals surface area contributed by atoms with Gasteiger partial charge in [-0.25, -0.2) is 0 Å². The second-order valence-electron chi connectivity index (χ2n) is 8.05. The number of nitrogens with one attached hydrogen (secondary N) is 3. The van der Waals surface area contributed by atoms with Crippen molar-refractivity contribution >= 4 is 29.3 Å². The van der Waals surface area contributed by atoms with Gasteiger partial charge in [0.05, 0.1) is 29.7 Å². The van der Waals surface area contributed by atoms with Crippen LogP contribution in [-0.2, 0) is 14.4 Å². The molecule has 200 valence electrons. The molecule has 36 heavy (non-hydrogen) atoms. The van der Waals surface area contributed by atoms with E-state index in [1.165, 1.54) is 13.0 Å². The van der Waals surface area contributed by atoms with Crippen LogP contribution in [0.5, 0.6) is 5.75 Å². The number of aliphatic hydroxyl groups is 1. The zero-order chi connectivity index (χ0) is 27.4. The lowest BCUT2D eigenvalue weighted by atomic mass is 10.0. The number of benzene rings is 1. The van der Waals surface area contributed by atoms with Crippen LogP contribution in [0.3, 0.4) is 0 Å². The third-order valence-electron chi connectivity index (χ3n) is 5.07. The van der Waals surface area contributed by atoms with Crippen molar-refractivity contribution in [3.8, 4) is 5.75 Å². The Hall–Kier alpha value is -3.78. The van der Waals surface area contributed by atoms with Crippen molar-refractivity contribution in [2.45, 2.75) is 58.2 Å². The van der Waals surface area contributed by atoms with Crippen LogP contribution in [0.4, 0.5) is 5.69 Å². The molecule has 14 nitrogen and oxygen atoms in total. The lowest BCUT2D eigenvalue weighted by Crippen LogP contribution is -2.57. The summed E-state index contributed by atoms with van der Waals surface area (Å²) in [5.41, 5.74) is 10.4. The summed E-state index contributed by atoms with van der Waals surface area (Å²) in [5.74, 6) is -3.12. The molecule has 3 unspecified atom stereocenters. The van der Waals surface area contributed by atoms with Gasteiger partial charge in [-0.3, -0.25) is 29.3 Å². The van der Waals surface area contributed by atoms with Gasteiger partial charge in [0.25, 0.3) is 11.6 Å². The Bertz CT molecular complexity index is 968. The number of primary amides is 1. The molecule has 0 saturated carbocycles. The van der Waals surface area contributed by atoms with Crippen molar-refractivity contribution in [2.75, 3.05) is 19.7 Å². The first-order chi connectivity index (χ1) is 16.9. The number of unbranched alkanes of at least 4 members (excludes halogenated alkanes) is 1. The first-order valence-corrected chi connectivity index (χ1v) is 11.4. The molecular weight excluding hydrogens is 476 g/mol. The van der Waals surface area contributed by atoms with E-state index in [-0.39, 0.29) is 30.0 Å². The third-order valence-corrected chi connectivity index (χ3v) is 5.07. The smallest absolute Gasteiger partial charge is 0.270 e. The zero-order valence-corrected chi connectivity index (χ0v) is 20.5. The van der Waals surface area contributed by atoms with Gasteiger partial charge in [0.2, 0.25) is 17.7 Å². The fourth-order valence-electron chi connectivity index (χ4n) is 3.31. The van der Waals surface area contributed by atoms with E-state index in [1.54, 1.807) is 13.8 Å². The Balaban J connectivity index is 3.22. The lowest BCUT2D eigenvalue weighted by molar-refractivity contribution is -0.384. The number of carbonyl (C=O) groups excluding carboxylic acids is 4. The molecule has 0 saturated heterocycles. The predicted molar refractivity (Wildman–Crippen MR) is 129 cm³/mol. The van der Waals surface area contributed by atoms with Crippen molar-refractivity contribution < 1.29 is 33.9 Å². The molecule has 3 atom stereocenters. The van der Waals surface area contributed by atoms with E-state index in [0.29, 0.717) is 24.9 Å². The number of nitro groups is 1. The number of nitro benzene ring substituents is 1. The number of rotatable bonds is 15. The number of nitrogens with zero attached hydrogens (tertiary/aromatic N) is 1. The van der Waals surface area contributed by atoms with Crippen LogP contribution in [0.25, 0.3) is 0 Å². The summed E-state index contributed by atoms with van der Waals surface area (Å²) in [6.07, 6.45) is -0.235. The van der Waals surface area contributed by atoms with Crippen LogP contribution in [0.15, 0.2) is 12.1 Å². The lowest BCUT2D eigenvalue weighted by Gasteiger charge is -2.25. The topological polar surface area (TPSA) is 229 Å². The molecular formula is C22H34N6O8. The minimum absolute atomic E-state index is 0.127. The van der Waals surface area contributed by atoms with E-state index >= 15 is 0 Å². The van der Waals surface area contributed by atoms with Gasteiger partial charge in [0.1, 0.15) is 17.8 Å². The number of aliphatic hydroxyl groups excluding tert-OH is 1. The second kappa shape index (κ2) is 14.6. The van der Waals surface area contributed by atoms with E-state index < -0.39 is 53.3 Å². The number of aryl methyl sites for hydroxylation is 1. The molecule has 14 heteroatoms. The molecule has 0 aliphatic heterocycles. The molecule has 4 amide bonds. The number of nitrogens with two attached hydrogens (primary N) is 2. The minimum Gasteiger partial charge on any atom is -0.493 e. The monoisotopic (exact) mass is 510 g/mol. The predicted octanol–water partition coefficient (Wildman–Crippen LogP) is -1.00.